The predicted octanol–water partition coefficient (Wildman–Crippen LogP) is 6.00. The fourth-order valence-corrected chi connectivity index (χ4v) is 4.54. The van der Waals surface area contributed by atoms with Gasteiger partial charge in [-0.15, -0.1) is 0 Å². The average Bonchev–Trinajstić information content (AvgIpc) is 3.04. The third kappa shape index (κ3) is 3.17. The van der Waals surface area contributed by atoms with Crippen molar-refractivity contribution in [2.75, 3.05) is 6.54 Å². The van der Waals surface area contributed by atoms with Crippen LogP contribution in [0.4, 0.5) is 0 Å². The van der Waals surface area contributed by atoms with E-state index in [0.717, 1.165) is 25.7 Å². The molecule has 0 N–H and O–H groups in total. The van der Waals surface area contributed by atoms with Gasteiger partial charge in [-0.25, -0.2) is 0 Å². The lowest BCUT2D eigenvalue weighted by atomic mass is 9.94. The molecule has 0 unspecified atom stereocenters. The quantitative estimate of drug-likeness (QED) is 0.229. The SMILES string of the molecule is O=C1c2ccccc2C(=O)N1CCCCCc1cc2ccccc2c2ccccc12. The third-order valence-electron chi connectivity index (χ3n) is 6.06. The number of hydrogen-bond acceptors (Lipinski definition) is 2. The molecule has 5 rings (SSSR count). The molecule has 0 fully saturated rings. The van der Waals surface area contributed by atoms with Crippen LogP contribution in [0.1, 0.15) is 45.5 Å². The molecule has 0 aliphatic carbocycles. The molecule has 1 heterocycles. The topological polar surface area (TPSA) is 37.4 Å². The van der Waals surface area contributed by atoms with Gasteiger partial charge in [-0.1, -0.05) is 73.2 Å². The van der Waals surface area contributed by atoms with Crippen LogP contribution in [-0.2, 0) is 6.42 Å². The molecule has 0 saturated carbocycles. The number of rotatable bonds is 6. The fraction of sp³-hybridized carbons (Fsp3) is 0.185. The first kappa shape index (κ1) is 18.6. The molecule has 3 nitrogen and oxygen atoms in total. The molecule has 3 heteroatoms. The maximum Gasteiger partial charge on any atom is 0.261 e. The lowest BCUT2D eigenvalue weighted by Crippen LogP contribution is -2.30. The minimum atomic E-state index is -0.156. The molecule has 1 aliphatic rings. The highest BCUT2D eigenvalue weighted by Gasteiger charge is 2.34. The van der Waals surface area contributed by atoms with Crippen molar-refractivity contribution in [1.29, 1.82) is 0 Å². The van der Waals surface area contributed by atoms with Gasteiger partial charge in [0.05, 0.1) is 11.1 Å². The molecule has 2 amide bonds. The zero-order valence-electron chi connectivity index (χ0n) is 16.8. The Balaban J connectivity index is 1.24. The van der Waals surface area contributed by atoms with Crippen molar-refractivity contribution < 1.29 is 9.59 Å². The largest absolute Gasteiger partial charge is 0.274 e. The summed E-state index contributed by atoms with van der Waals surface area (Å²) in [5.74, 6) is -0.313. The zero-order chi connectivity index (χ0) is 20.5. The third-order valence-corrected chi connectivity index (χ3v) is 6.06. The van der Waals surface area contributed by atoms with E-state index in [1.54, 1.807) is 24.3 Å². The van der Waals surface area contributed by atoms with Crippen LogP contribution in [0, 0.1) is 0 Å². The maximum absolute atomic E-state index is 12.5. The van der Waals surface area contributed by atoms with Gasteiger partial charge in [0.1, 0.15) is 0 Å². The smallest absolute Gasteiger partial charge is 0.261 e. The first-order valence-corrected chi connectivity index (χ1v) is 10.6. The molecular formula is C27H23NO2. The molecule has 148 valence electrons. The lowest BCUT2D eigenvalue weighted by Gasteiger charge is -2.14. The second-order valence-electron chi connectivity index (χ2n) is 7.92. The Labute approximate surface area is 175 Å². The van der Waals surface area contributed by atoms with Crippen molar-refractivity contribution in [3.63, 3.8) is 0 Å². The number of amides is 2. The van der Waals surface area contributed by atoms with Crippen LogP contribution in [-0.4, -0.2) is 23.3 Å². The van der Waals surface area contributed by atoms with Gasteiger partial charge in [-0.3, -0.25) is 14.5 Å². The molecule has 0 aromatic heterocycles. The van der Waals surface area contributed by atoms with Crippen molar-refractivity contribution >= 4 is 33.4 Å². The van der Waals surface area contributed by atoms with E-state index < -0.39 is 0 Å². The summed E-state index contributed by atoms with van der Waals surface area (Å²) in [7, 11) is 0. The molecule has 1 aliphatic heterocycles. The van der Waals surface area contributed by atoms with Crippen molar-refractivity contribution in [2.45, 2.75) is 25.7 Å². The van der Waals surface area contributed by atoms with Crippen LogP contribution in [0.25, 0.3) is 21.5 Å². The van der Waals surface area contributed by atoms with Crippen molar-refractivity contribution in [3.8, 4) is 0 Å². The molecule has 30 heavy (non-hydrogen) atoms. The molecular weight excluding hydrogens is 370 g/mol. The standard InChI is InChI=1S/C27H23NO2/c29-26-24-15-7-8-16-25(24)27(30)28(26)17-9-1-2-10-19-18-20-11-3-4-12-21(20)23-14-6-5-13-22(19)23/h3-8,11-16,18H,1-2,9-10,17H2. The van der Waals surface area contributed by atoms with Gasteiger partial charge >= 0.3 is 0 Å². The van der Waals surface area contributed by atoms with E-state index >= 15 is 0 Å². The first-order chi connectivity index (χ1) is 14.7. The van der Waals surface area contributed by atoms with Crippen LogP contribution in [0.2, 0.25) is 0 Å². The second-order valence-corrected chi connectivity index (χ2v) is 7.92. The Morgan fingerprint density at radius 1 is 0.600 bits per heavy atom. The van der Waals surface area contributed by atoms with Gasteiger partial charge in [0.15, 0.2) is 0 Å². The number of unbranched alkanes of at least 4 members (excludes halogenated alkanes) is 2. The highest BCUT2D eigenvalue weighted by Crippen LogP contribution is 2.30. The van der Waals surface area contributed by atoms with Gasteiger partial charge in [0, 0.05) is 6.54 Å². The normalized spacial score (nSPS) is 13.4. The molecule has 0 bridgehead atoms. The maximum atomic E-state index is 12.5. The van der Waals surface area contributed by atoms with E-state index in [-0.39, 0.29) is 11.8 Å². The Hall–Kier alpha value is -3.46. The van der Waals surface area contributed by atoms with Crippen molar-refractivity contribution in [1.82, 2.24) is 4.90 Å². The summed E-state index contributed by atoms with van der Waals surface area (Å²) in [5, 5.41) is 5.19. The molecule has 4 aromatic carbocycles. The van der Waals surface area contributed by atoms with E-state index in [1.165, 1.54) is 32.0 Å². The molecule has 4 aromatic rings. The van der Waals surface area contributed by atoms with Gasteiger partial charge in [-0.2, -0.15) is 0 Å². The van der Waals surface area contributed by atoms with E-state index in [4.69, 9.17) is 0 Å². The highest BCUT2D eigenvalue weighted by molar-refractivity contribution is 6.21. The summed E-state index contributed by atoms with van der Waals surface area (Å²) in [6.45, 7) is 0.491. The van der Waals surface area contributed by atoms with Crippen LogP contribution >= 0.6 is 0 Å². The van der Waals surface area contributed by atoms with Crippen molar-refractivity contribution in [3.05, 3.63) is 95.6 Å². The molecule has 0 atom stereocenters. The Morgan fingerprint density at radius 2 is 1.20 bits per heavy atom. The number of fused-ring (bicyclic) bond motifs is 4. The summed E-state index contributed by atoms with van der Waals surface area (Å²) in [4.78, 5) is 26.3. The lowest BCUT2D eigenvalue weighted by molar-refractivity contribution is 0.0651. The molecule has 0 saturated heterocycles. The summed E-state index contributed by atoms with van der Waals surface area (Å²) in [6, 6.07) is 26.5. The summed E-state index contributed by atoms with van der Waals surface area (Å²) >= 11 is 0. The summed E-state index contributed by atoms with van der Waals surface area (Å²) in [5.41, 5.74) is 2.43. The number of benzene rings is 4. The van der Waals surface area contributed by atoms with Crippen molar-refractivity contribution in [2.24, 2.45) is 0 Å². The van der Waals surface area contributed by atoms with Crippen LogP contribution < -0.4 is 0 Å². The number of nitrogens with zero attached hydrogens (tertiary/aromatic N) is 1. The van der Waals surface area contributed by atoms with Gasteiger partial charge in [0.2, 0.25) is 0 Å². The zero-order valence-corrected chi connectivity index (χ0v) is 16.8. The number of imide groups is 1. The van der Waals surface area contributed by atoms with Crippen LogP contribution in [0.3, 0.4) is 0 Å². The minimum absolute atomic E-state index is 0.156. The highest BCUT2D eigenvalue weighted by atomic mass is 16.2. The van der Waals surface area contributed by atoms with Gasteiger partial charge in [0.25, 0.3) is 11.8 Å². The van der Waals surface area contributed by atoms with Gasteiger partial charge in [-0.05, 0) is 58.5 Å². The van der Waals surface area contributed by atoms with Crippen LogP contribution in [0.5, 0.6) is 0 Å². The van der Waals surface area contributed by atoms with E-state index in [1.807, 2.05) is 0 Å². The summed E-state index contributed by atoms with van der Waals surface area (Å²) < 4.78 is 0. The first-order valence-electron chi connectivity index (χ1n) is 10.6. The Bertz CT molecular complexity index is 1240. The molecule has 0 radical (unpaired) electrons. The van der Waals surface area contributed by atoms with E-state index in [0.29, 0.717) is 17.7 Å². The number of carbonyl (C=O) groups is 2. The number of carbonyl (C=O) groups excluding carboxylic acids is 2. The fourth-order valence-electron chi connectivity index (χ4n) is 4.54. The van der Waals surface area contributed by atoms with Crippen LogP contribution in [0.15, 0.2) is 78.9 Å². The number of aryl methyl sites for hydroxylation is 1. The average molecular weight is 393 g/mol. The Morgan fingerprint density at radius 3 is 1.93 bits per heavy atom. The number of hydrogen-bond donors (Lipinski definition) is 0. The Kier molecular flexibility index (Phi) is 4.80. The van der Waals surface area contributed by atoms with E-state index in [2.05, 4.69) is 54.6 Å². The van der Waals surface area contributed by atoms with Gasteiger partial charge < -0.3 is 0 Å². The second kappa shape index (κ2) is 7.75. The van der Waals surface area contributed by atoms with E-state index in [9.17, 15) is 9.59 Å². The molecule has 0 spiro atoms. The minimum Gasteiger partial charge on any atom is -0.274 e. The predicted molar refractivity (Wildman–Crippen MR) is 121 cm³/mol. The summed E-state index contributed by atoms with van der Waals surface area (Å²) in [6.07, 6.45) is 3.84. The monoisotopic (exact) mass is 393 g/mol.